The summed E-state index contributed by atoms with van der Waals surface area (Å²) in [5, 5.41) is 9.56. The van der Waals surface area contributed by atoms with Gasteiger partial charge in [-0.05, 0) is 18.4 Å². The molecule has 0 saturated carbocycles. The molecule has 0 aliphatic carbocycles. The average Bonchev–Trinajstić information content (AvgIpc) is 2.85. The van der Waals surface area contributed by atoms with Crippen LogP contribution in [0.15, 0.2) is 30.3 Å². The Labute approximate surface area is 131 Å². The molecule has 5 nitrogen and oxygen atoms in total. The van der Waals surface area contributed by atoms with Crippen molar-refractivity contribution in [3.8, 4) is 0 Å². The minimum atomic E-state index is -3.07. The first kappa shape index (κ1) is 17.0. The van der Waals surface area contributed by atoms with E-state index >= 15 is 0 Å². The lowest BCUT2D eigenvalue weighted by Crippen LogP contribution is -2.49. The number of carbonyl (C=O) groups is 1. The summed E-state index contributed by atoms with van der Waals surface area (Å²) in [5.41, 5.74) is 0.895. The minimum Gasteiger partial charge on any atom is -0.394 e. The molecule has 0 radical (unpaired) electrons. The van der Waals surface area contributed by atoms with E-state index in [1.165, 1.54) is 0 Å². The molecule has 1 amide bonds. The molecule has 1 aromatic rings. The Balaban J connectivity index is 2.19. The van der Waals surface area contributed by atoms with Gasteiger partial charge in [0.1, 0.15) is 0 Å². The Bertz CT molecular complexity index is 596. The average molecular weight is 325 g/mol. The number of benzene rings is 1. The number of rotatable bonds is 6. The van der Waals surface area contributed by atoms with Crippen LogP contribution in [-0.2, 0) is 21.1 Å². The molecule has 22 heavy (non-hydrogen) atoms. The maximum atomic E-state index is 12.7. The molecule has 1 saturated heterocycles. The van der Waals surface area contributed by atoms with Gasteiger partial charge in [0.2, 0.25) is 5.91 Å². The highest BCUT2D eigenvalue weighted by Crippen LogP contribution is 2.22. The molecule has 122 valence electrons. The molecule has 1 aromatic carbocycles. The summed E-state index contributed by atoms with van der Waals surface area (Å²) in [6.45, 7) is 1.75. The Morgan fingerprint density at radius 2 is 2.05 bits per heavy atom. The second-order valence-electron chi connectivity index (χ2n) is 5.76. The zero-order valence-corrected chi connectivity index (χ0v) is 13.6. The van der Waals surface area contributed by atoms with Crippen LogP contribution in [0.1, 0.15) is 25.3 Å². The third-order valence-corrected chi connectivity index (χ3v) is 5.91. The van der Waals surface area contributed by atoms with E-state index in [0.29, 0.717) is 12.8 Å². The molecule has 6 heteroatoms. The van der Waals surface area contributed by atoms with Gasteiger partial charge in [0.25, 0.3) is 0 Å². The summed E-state index contributed by atoms with van der Waals surface area (Å²) >= 11 is 0. The number of sulfone groups is 1. The molecule has 1 fully saturated rings. The molecule has 1 N–H and O–H groups in total. The maximum Gasteiger partial charge on any atom is 0.227 e. The normalized spacial score (nSPS) is 21.5. The number of carbonyl (C=O) groups excluding carboxylic acids is 1. The van der Waals surface area contributed by atoms with Crippen molar-refractivity contribution in [1.29, 1.82) is 0 Å². The van der Waals surface area contributed by atoms with Crippen LogP contribution in [-0.4, -0.2) is 54.5 Å². The summed E-state index contributed by atoms with van der Waals surface area (Å²) in [6.07, 6.45) is 1.29. The van der Waals surface area contributed by atoms with Crippen LogP contribution in [0.4, 0.5) is 0 Å². The molecule has 0 unspecified atom stereocenters. The maximum absolute atomic E-state index is 12.7. The van der Waals surface area contributed by atoms with Crippen molar-refractivity contribution in [2.24, 2.45) is 0 Å². The lowest BCUT2D eigenvalue weighted by atomic mass is 10.1. The topological polar surface area (TPSA) is 74.7 Å². The molecular weight excluding hydrogens is 302 g/mol. The fourth-order valence-corrected chi connectivity index (χ4v) is 4.69. The van der Waals surface area contributed by atoms with Gasteiger partial charge in [-0.2, -0.15) is 0 Å². The van der Waals surface area contributed by atoms with Crippen LogP contribution in [0.3, 0.4) is 0 Å². The second-order valence-corrected chi connectivity index (χ2v) is 7.99. The first-order valence-corrected chi connectivity index (χ1v) is 9.45. The van der Waals surface area contributed by atoms with E-state index in [4.69, 9.17) is 0 Å². The van der Waals surface area contributed by atoms with E-state index in [-0.39, 0.29) is 42.5 Å². The van der Waals surface area contributed by atoms with Crippen molar-refractivity contribution >= 4 is 15.7 Å². The predicted molar refractivity (Wildman–Crippen MR) is 85.2 cm³/mol. The predicted octanol–water partition coefficient (Wildman–Crippen LogP) is 1.02. The Hall–Kier alpha value is -1.40. The molecule has 1 aliphatic rings. The summed E-state index contributed by atoms with van der Waals surface area (Å²) in [4.78, 5) is 14.3. The number of amides is 1. The van der Waals surface area contributed by atoms with Gasteiger partial charge >= 0.3 is 0 Å². The Morgan fingerprint density at radius 3 is 2.55 bits per heavy atom. The number of hydrogen-bond acceptors (Lipinski definition) is 4. The third-order valence-electron chi connectivity index (χ3n) is 4.16. The van der Waals surface area contributed by atoms with Gasteiger partial charge in [0, 0.05) is 6.04 Å². The van der Waals surface area contributed by atoms with E-state index in [0.717, 1.165) is 5.56 Å². The van der Waals surface area contributed by atoms with E-state index in [1.54, 1.807) is 4.90 Å². The molecule has 1 aliphatic heterocycles. The van der Waals surface area contributed by atoms with Crippen molar-refractivity contribution < 1.29 is 18.3 Å². The molecule has 0 bridgehead atoms. The van der Waals surface area contributed by atoms with Crippen LogP contribution >= 0.6 is 0 Å². The fourth-order valence-electron chi connectivity index (χ4n) is 2.98. The van der Waals surface area contributed by atoms with Gasteiger partial charge in [-0.25, -0.2) is 8.42 Å². The lowest BCUT2D eigenvalue weighted by molar-refractivity contribution is -0.136. The van der Waals surface area contributed by atoms with Crippen LogP contribution < -0.4 is 0 Å². The van der Waals surface area contributed by atoms with Gasteiger partial charge in [0.15, 0.2) is 9.84 Å². The summed E-state index contributed by atoms with van der Waals surface area (Å²) < 4.78 is 23.5. The van der Waals surface area contributed by atoms with Gasteiger partial charge < -0.3 is 10.0 Å². The lowest BCUT2D eigenvalue weighted by Gasteiger charge is -2.35. The van der Waals surface area contributed by atoms with E-state index in [9.17, 15) is 18.3 Å². The molecule has 0 spiro atoms. The highest BCUT2D eigenvalue weighted by atomic mass is 32.2. The molecule has 2 rings (SSSR count). The standard InChI is InChI=1S/C16H23NO4S/c1-2-14(11-18)17(15-8-9-22(20,21)12-15)16(19)10-13-6-4-3-5-7-13/h3-7,14-15,18H,2,8-12H2,1H3/t14-,15+/m0/s1. The van der Waals surface area contributed by atoms with Gasteiger partial charge in [-0.3, -0.25) is 4.79 Å². The van der Waals surface area contributed by atoms with Crippen molar-refractivity contribution in [3.05, 3.63) is 35.9 Å². The highest BCUT2D eigenvalue weighted by molar-refractivity contribution is 7.91. The quantitative estimate of drug-likeness (QED) is 0.847. The third kappa shape index (κ3) is 4.08. The van der Waals surface area contributed by atoms with Crippen LogP contribution in [0, 0.1) is 0 Å². The summed E-state index contributed by atoms with van der Waals surface area (Å²) in [6, 6.07) is 8.74. The highest BCUT2D eigenvalue weighted by Gasteiger charge is 2.37. The SMILES string of the molecule is CC[C@@H](CO)N(C(=O)Cc1ccccc1)[C@@H]1CCS(=O)(=O)C1. The molecule has 0 aromatic heterocycles. The van der Waals surface area contributed by atoms with Gasteiger partial charge in [-0.15, -0.1) is 0 Å². The van der Waals surface area contributed by atoms with Crippen LogP contribution in [0.2, 0.25) is 0 Å². The zero-order chi connectivity index (χ0) is 16.2. The smallest absolute Gasteiger partial charge is 0.227 e. The van der Waals surface area contributed by atoms with Crippen molar-refractivity contribution in [2.45, 2.75) is 38.3 Å². The number of hydrogen-bond donors (Lipinski definition) is 1. The summed E-state index contributed by atoms with van der Waals surface area (Å²) in [5.74, 6) is 0.00721. The Morgan fingerprint density at radius 1 is 1.36 bits per heavy atom. The van der Waals surface area contributed by atoms with E-state index in [2.05, 4.69) is 0 Å². The zero-order valence-electron chi connectivity index (χ0n) is 12.8. The first-order chi connectivity index (χ1) is 10.5. The van der Waals surface area contributed by atoms with Crippen molar-refractivity contribution in [3.63, 3.8) is 0 Å². The van der Waals surface area contributed by atoms with E-state index in [1.807, 2.05) is 37.3 Å². The molecule has 2 atom stereocenters. The largest absolute Gasteiger partial charge is 0.394 e. The van der Waals surface area contributed by atoms with Crippen molar-refractivity contribution in [2.75, 3.05) is 18.1 Å². The van der Waals surface area contributed by atoms with Gasteiger partial charge in [-0.1, -0.05) is 37.3 Å². The number of aliphatic hydroxyl groups is 1. The first-order valence-electron chi connectivity index (χ1n) is 7.63. The molecule has 1 heterocycles. The monoisotopic (exact) mass is 325 g/mol. The van der Waals surface area contributed by atoms with Crippen molar-refractivity contribution in [1.82, 2.24) is 4.90 Å². The minimum absolute atomic E-state index is 0.00400. The number of aliphatic hydroxyl groups excluding tert-OH is 1. The van der Waals surface area contributed by atoms with Gasteiger partial charge in [0.05, 0.1) is 30.6 Å². The Kier molecular flexibility index (Phi) is 5.58. The van der Waals surface area contributed by atoms with Crippen LogP contribution in [0.25, 0.3) is 0 Å². The second kappa shape index (κ2) is 7.24. The molecular formula is C16H23NO4S. The fraction of sp³-hybridized carbons (Fsp3) is 0.562. The van der Waals surface area contributed by atoms with Crippen LogP contribution in [0.5, 0.6) is 0 Å². The van der Waals surface area contributed by atoms with E-state index < -0.39 is 9.84 Å². The summed E-state index contributed by atoms with van der Waals surface area (Å²) in [7, 11) is -3.07. The number of nitrogens with zero attached hydrogens (tertiary/aromatic N) is 1.